The summed E-state index contributed by atoms with van der Waals surface area (Å²) < 4.78 is 18.0. The second-order valence-corrected chi connectivity index (χ2v) is 5.04. The predicted molar refractivity (Wildman–Crippen MR) is 79.6 cm³/mol. The number of hydrogen-bond acceptors (Lipinski definition) is 3. The fourth-order valence-corrected chi connectivity index (χ4v) is 2.09. The molecule has 0 bridgehead atoms. The van der Waals surface area contributed by atoms with Crippen LogP contribution in [-0.4, -0.2) is 24.5 Å². The maximum Gasteiger partial charge on any atom is 0.264 e. The second kappa shape index (κ2) is 6.74. The third-order valence-electron chi connectivity index (χ3n) is 2.64. The van der Waals surface area contributed by atoms with Crippen LogP contribution in [0.4, 0.5) is 10.1 Å². The van der Waals surface area contributed by atoms with Gasteiger partial charge in [0.05, 0.1) is 0 Å². The van der Waals surface area contributed by atoms with Crippen molar-refractivity contribution in [3.8, 4) is 5.88 Å². The quantitative estimate of drug-likeness (QED) is 0.806. The van der Waals surface area contributed by atoms with Crippen molar-refractivity contribution < 1.29 is 13.9 Å². The van der Waals surface area contributed by atoms with Gasteiger partial charge >= 0.3 is 0 Å². The van der Waals surface area contributed by atoms with E-state index in [0.717, 1.165) is 0 Å². The Labute approximate surface area is 131 Å². The first kappa shape index (κ1) is 15.5. The van der Waals surface area contributed by atoms with Crippen LogP contribution in [0.15, 0.2) is 36.4 Å². The minimum Gasteiger partial charge on any atom is -0.467 e. The fourth-order valence-electron chi connectivity index (χ4n) is 1.58. The van der Waals surface area contributed by atoms with Crippen molar-refractivity contribution in [1.29, 1.82) is 0 Å². The number of carbonyl (C=O) groups excluding carboxylic acids is 1. The molecule has 0 aliphatic carbocycles. The zero-order valence-corrected chi connectivity index (χ0v) is 12.5. The molecule has 0 atom stereocenters. The van der Waals surface area contributed by atoms with Crippen molar-refractivity contribution in [3.05, 3.63) is 52.4 Å². The Kier molecular flexibility index (Phi) is 4.98. The van der Waals surface area contributed by atoms with E-state index >= 15 is 0 Å². The number of likely N-dealkylation sites (N-methyl/N-ethyl adjacent to an activating group) is 1. The molecule has 0 aliphatic rings. The number of carbonyl (C=O) groups is 1. The molecule has 110 valence electrons. The Hall–Kier alpha value is -1.85. The van der Waals surface area contributed by atoms with Gasteiger partial charge in [-0.15, -0.1) is 0 Å². The monoisotopic (exact) mass is 328 g/mol. The number of amides is 1. The summed E-state index contributed by atoms with van der Waals surface area (Å²) in [5.41, 5.74) is 0.535. The third-order valence-corrected chi connectivity index (χ3v) is 3.08. The van der Waals surface area contributed by atoms with Gasteiger partial charge in [0, 0.05) is 28.8 Å². The van der Waals surface area contributed by atoms with Crippen LogP contribution in [0.2, 0.25) is 10.0 Å². The van der Waals surface area contributed by atoms with Gasteiger partial charge in [0.25, 0.3) is 5.91 Å². The van der Waals surface area contributed by atoms with Crippen molar-refractivity contribution in [3.63, 3.8) is 0 Å². The maximum atomic E-state index is 12.9. The van der Waals surface area contributed by atoms with Gasteiger partial charge < -0.3 is 9.64 Å². The molecule has 0 radical (unpaired) electrons. The van der Waals surface area contributed by atoms with Crippen molar-refractivity contribution in [2.24, 2.45) is 0 Å². The molecule has 21 heavy (non-hydrogen) atoms. The molecule has 1 heterocycles. The average Bonchev–Trinajstić information content (AvgIpc) is 2.43. The molecule has 0 N–H and O–H groups in total. The number of anilines is 1. The summed E-state index contributed by atoms with van der Waals surface area (Å²) in [7, 11) is 1.56. The number of halogens is 3. The molecule has 0 unspecified atom stereocenters. The van der Waals surface area contributed by atoms with E-state index in [1.165, 1.54) is 23.1 Å². The average molecular weight is 329 g/mol. The molecular formula is C14H11Cl2FN2O2. The Morgan fingerprint density at radius 1 is 1.29 bits per heavy atom. The normalized spacial score (nSPS) is 10.3. The van der Waals surface area contributed by atoms with Crippen LogP contribution in [0.3, 0.4) is 0 Å². The molecule has 0 aliphatic heterocycles. The van der Waals surface area contributed by atoms with Crippen molar-refractivity contribution in [2.45, 2.75) is 0 Å². The highest BCUT2D eigenvalue weighted by atomic mass is 35.5. The summed E-state index contributed by atoms with van der Waals surface area (Å²) in [5, 5.41) is 0.842. The lowest BCUT2D eigenvalue weighted by Crippen LogP contribution is -2.31. The van der Waals surface area contributed by atoms with E-state index < -0.39 is 5.95 Å². The minimum absolute atomic E-state index is 0.0425. The van der Waals surface area contributed by atoms with Crippen LogP contribution in [0.1, 0.15) is 0 Å². The van der Waals surface area contributed by atoms with Crippen LogP contribution >= 0.6 is 23.2 Å². The molecule has 7 heteroatoms. The van der Waals surface area contributed by atoms with Crippen LogP contribution in [0, 0.1) is 5.95 Å². The lowest BCUT2D eigenvalue weighted by Gasteiger charge is -2.18. The topological polar surface area (TPSA) is 42.4 Å². The lowest BCUT2D eigenvalue weighted by atomic mass is 10.3. The van der Waals surface area contributed by atoms with Gasteiger partial charge in [-0.05, 0) is 24.3 Å². The van der Waals surface area contributed by atoms with Gasteiger partial charge in [0.1, 0.15) is 0 Å². The van der Waals surface area contributed by atoms with E-state index in [4.69, 9.17) is 27.9 Å². The second-order valence-electron chi connectivity index (χ2n) is 4.17. The number of aromatic nitrogens is 1. The fraction of sp³-hybridized carbons (Fsp3) is 0.143. The summed E-state index contributed by atoms with van der Waals surface area (Å²) in [4.78, 5) is 16.9. The van der Waals surface area contributed by atoms with Crippen LogP contribution in [0.25, 0.3) is 0 Å². The molecule has 4 nitrogen and oxygen atoms in total. The number of hydrogen-bond donors (Lipinski definition) is 0. The van der Waals surface area contributed by atoms with E-state index in [1.54, 1.807) is 25.2 Å². The number of pyridine rings is 1. The molecule has 0 fully saturated rings. The highest BCUT2D eigenvalue weighted by Gasteiger charge is 2.13. The Morgan fingerprint density at radius 3 is 2.57 bits per heavy atom. The smallest absolute Gasteiger partial charge is 0.264 e. The largest absolute Gasteiger partial charge is 0.467 e. The van der Waals surface area contributed by atoms with Crippen LogP contribution in [-0.2, 0) is 4.79 Å². The molecule has 1 aromatic carbocycles. The van der Waals surface area contributed by atoms with Gasteiger partial charge in [0.2, 0.25) is 11.8 Å². The zero-order chi connectivity index (χ0) is 15.4. The van der Waals surface area contributed by atoms with Gasteiger partial charge in [-0.1, -0.05) is 29.3 Å². The molecular weight excluding hydrogens is 318 g/mol. The summed E-state index contributed by atoms with van der Waals surface area (Å²) in [6.07, 6.45) is 0. The highest BCUT2D eigenvalue weighted by molar-refractivity contribution is 6.35. The minimum atomic E-state index is -0.671. The summed E-state index contributed by atoms with van der Waals surface area (Å²) in [5.74, 6) is -0.977. The zero-order valence-electron chi connectivity index (χ0n) is 11.0. The number of benzene rings is 1. The lowest BCUT2D eigenvalue weighted by molar-refractivity contribution is -0.120. The molecule has 0 spiro atoms. The maximum absolute atomic E-state index is 12.9. The third kappa shape index (κ3) is 4.31. The number of nitrogens with zero attached hydrogens (tertiary/aromatic N) is 2. The predicted octanol–water partition coefficient (Wildman–Crippen LogP) is 3.57. The van der Waals surface area contributed by atoms with Gasteiger partial charge in [-0.25, -0.2) is 0 Å². The molecule has 0 saturated carbocycles. The highest BCUT2D eigenvalue weighted by Crippen LogP contribution is 2.24. The van der Waals surface area contributed by atoms with Crippen LogP contribution in [0.5, 0.6) is 5.88 Å². The van der Waals surface area contributed by atoms with Gasteiger partial charge in [-0.3, -0.25) is 4.79 Å². The first-order valence-corrected chi connectivity index (χ1v) is 6.69. The van der Waals surface area contributed by atoms with E-state index in [0.29, 0.717) is 15.7 Å². The molecule has 1 aromatic heterocycles. The summed E-state index contributed by atoms with van der Waals surface area (Å²) in [6.45, 7) is -0.281. The summed E-state index contributed by atoms with van der Waals surface area (Å²) in [6, 6.07) is 8.87. The Balaban J connectivity index is 2.02. The van der Waals surface area contributed by atoms with E-state index in [-0.39, 0.29) is 18.4 Å². The van der Waals surface area contributed by atoms with Crippen LogP contribution < -0.4 is 9.64 Å². The van der Waals surface area contributed by atoms with E-state index in [2.05, 4.69) is 4.98 Å². The van der Waals surface area contributed by atoms with Gasteiger partial charge in [-0.2, -0.15) is 9.37 Å². The Morgan fingerprint density at radius 2 is 1.95 bits per heavy atom. The Bertz CT molecular complexity index is 647. The van der Waals surface area contributed by atoms with Crippen molar-refractivity contribution >= 4 is 34.8 Å². The first-order chi connectivity index (χ1) is 9.95. The summed E-state index contributed by atoms with van der Waals surface area (Å²) >= 11 is 11.8. The molecule has 2 rings (SSSR count). The first-order valence-electron chi connectivity index (χ1n) is 5.94. The van der Waals surface area contributed by atoms with Gasteiger partial charge in [0.15, 0.2) is 6.61 Å². The molecule has 1 amide bonds. The molecule has 0 saturated heterocycles. The SMILES string of the molecule is CN(C(=O)COc1cccc(F)n1)c1cc(Cl)cc(Cl)c1. The van der Waals surface area contributed by atoms with E-state index in [1.807, 2.05) is 0 Å². The number of rotatable bonds is 4. The standard InChI is InChI=1S/C14H11Cl2FN2O2/c1-19(11-6-9(15)5-10(16)7-11)14(20)8-21-13-4-2-3-12(17)18-13/h2-7H,8H2,1H3. The van der Waals surface area contributed by atoms with Crippen molar-refractivity contribution in [1.82, 2.24) is 4.98 Å². The number of ether oxygens (including phenoxy) is 1. The van der Waals surface area contributed by atoms with E-state index in [9.17, 15) is 9.18 Å². The van der Waals surface area contributed by atoms with Crippen molar-refractivity contribution in [2.75, 3.05) is 18.6 Å². The molecule has 2 aromatic rings.